The molecule has 0 aliphatic carbocycles. The number of furan rings is 1. The Balaban J connectivity index is 1.73. The average Bonchev–Trinajstić information content (AvgIpc) is 3.20. The lowest BCUT2D eigenvalue weighted by Gasteiger charge is -2.19. The molecular formula is C17H19N3O2. The van der Waals surface area contributed by atoms with Crippen molar-refractivity contribution in [2.75, 3.05) is 0 Å². The fraction of sp³-hybridized carbons (Fsp3) is 0.294. The van der Waals surface area contributed by atoms with Gasteiger partial charge in [0.25, 0.3) is 0 Å². The van der Waals surface area contributed by atoms with Gasteiger partial charge in [-0.3, -0.25) is 4.90 Å². The van der Waals surface area contributed by atoms with E-state index >= 15 is 0 Å². The third kappa shape index (κ3) is 3.83. The van der Waals surface area contributed by atoms with Crippen molar-refractivity contribution in [1.29, 1.82) is 0 Å². The van der Waals surface area contributed by atoms with Gasteiger partial charge < -0.3 is 8.94 Å². The van der Waals surface area contributed by atoms with Crippen LogP contribution in [-0.2, 0) is 26.1 Å². The van der Waals surface area contributed by atoms with Gasteiger partial charge in [0.2, 0.25) is 5.89 Å². The van der Waals surface area contributed by atoms with Gasteiger partial charge in [0, 0.05) is 13.0 Å². The molecule has 0 radical (unpaired) electrons. The first-order chi connectivity index (χ1) is 10.8. The van der Waals surface area contributed by atoms with Gasteiger partial charge in [-0.15, -0.1) is 0 Å². The molecule has 22 heavy (non-hydrogen) atoms. The summed E-state index contributed by atoms with van der Waals surface area (Å²) < 4.78 is 10.8. The van der Waals surface area contributed by atoms with Crippen LogP contribution in [0, 0.1) is 0 Å². The van der Waals surface area contributed by atoms with Crippen molar-refractivity contribution in [3.05, 3.63) is 71.8 Å². The minimum absolute atomic E-state index is 0.600. The van der Waals surface area contributed by atoms with Crippen molar-refractivity contribution in [1.82, 2.24) is 15.0 Å². The summed E-state index contributed by atoms with van der Waals surface area (Å²) in [5.74, 6) is 2.30. The van der Waals surface area contributed by atoms with E-state index in [1.165, 1.54) is 5.56 Å². The molecule has 0 bridgehead atoms. The van der Waals surface area contributed by atoms with Crippen LogP contribution in [0.2, 0.25) is 0 Å². The SMILES string of the molecule is CCc1noc(CN(Cc2ccccc2)Cc2ccco2)n1. The van der Waals surface area contributed by atoms with E-state index in [4.69, 9.17) is 8.94 Å². The van der Waals surface area contributed by atoms with E-state index in [0.29, 0.717) is 19.0 Å². The van der Waals surface area contributed by atoms with Crippen LogP contribution in [0.25, 0.3) is 0 Å². The predicted molar refractivity (Wildman–Crippen MR) is 81.8 cm³/mol. The van der Waals surface area contributed by atoms with Gasteiger partial charge in [-0.2, -0.15) is 4.98 Å². The summed E-state index contributed by atoms with van der Waals surface area (Å²) in [6.45, 7) is 4.11. The largest absolute Gasteiger partial charge is 0.468 e. The van der Waals surface area contributed by atoms with Crippen molar-refractivity contribution in [3.8, 4) is 0 Å². The smallest absolute Gasteiger partial charge is 0.240 e. The molecule has 5 nitrogen and oxygen atoms in total. The number of hydrogen-bond acceptors (Lipinski definition) is 5. The highest BCUT2D eigenvalue weighted by Crippen LogP contribution is 2.13. The summed E-state index contributed by atoms with van der Waals surface area (Å²) >= 11 is 0. The number of rotatable bonds is 7. The molecule has 0 N–H and O–H groups in total. The summed E-state index contributed by atoms with van der Waals surface area (Å²) in [5.41, 5.74) is 1.24. The molecule has 0 aliphatic heterocycles. The lowest BCUT2D eigenvalue weighted by molar-refractivity contribution is 0.196. The van der Waals surface area contributed by atoms with Crippen LogP contribution in [-0.4, -0.2) is 15.0 Å². The van der Waals surface area contributed by atoms with E-state index in [-0.39, 0.29) is 0 Å². The third-order valence-corrected chi connectivity index (χ3v) is 3.39. The fourth-order valence-corrected chi connectivity index (χ4v) is 2.32. The van der Waals surface area contributed by atoms with Crippen molar-refractivity contribution in [2.45, 2.75) is 33.0 Å². The molecular weight excluding hydrogens is 278 g/mol. The van der Waals surface area contributed by atoms with Crippen LogP contribution in [0.15, 0.2) is 57.7 Å². The Morgan fingerprint density at radius 1 is 1.00 bits per heavy atom. The highest BCUT2D eigenvalue weighted by molar-refractivity contribution is 5.14. The van der Waals surface area contributed by atoms with Gasteiger partial charge in [-0.25, -0.2) is 0 Å². The van der Waals surface area contributed by atoms with E-state index in [2.05, 4.69) is 27.2 Å². The summed E-state index contributed by atoms with van der Waals surface area (Å²) in [6.07, 6.45) is 2.47. The van der Waals surface area contributed by atoms with Crippen molar-refractivity contribution in [2.24, 2.45) is 0 Å². The lowest BCUT2D eigenvalue weighted by Crippen LogP contribution is -2.22. The quantitative estimate of drug-likeness (QED) is 0.668. The number of aryl methyl sites for hydroxylation is 1. The normalized spacial score (nSPS) is 11.2. The van der Waals surface area contributed by atoms with Crippen molar-refractivity contribution in [3.63, 3.8) is 0 Å². The van der Waals surface area contributed by atoms with Gasteiger partial charge in [0.15, 0.2) is 5.82 Å². The molecule has 0 atom stereocenters. The lowest BCUT2D eigenvalue weighted by atomic mass is 10.2. The molecule has 2 aromatic heterocycles. The zero-order valence-electron chi connectivity index (χ0n) is 12.6. The van der Waals surface area contributed by atoms with E-state index < -0.39 is 0 Å². The van der Waals surface area contributed by atoms with E-state index in [1.54, 1.807) is 6.26 Å². The molecule has 1 aromatic carbocycles. The van der Waals surface area contributed by atoms with E-state index in [1.807, 2.05) is 37.3 Å². The Bertz CT molecular complexity index is 677. The zero-order chi connectivity index (χ0) is 15.2. The number of aromatic nitrogens is 2. The number of nitrogens with zero attached hydrogens (tertiary/aromatic N) is 3. The summed E-state index contributed by atoms with van der Waals surface area (Å²) in [5, 5.41) is 3.96. The van der Waals surface area contributed by atoms with Crippen LogP contribution in [0.5, 0.6) is 0 Å². The second-order valence-corrected chi connectivity index (χ2v) is 5.17. The van der Waals surface area contributed by atoms with Gasteiger partial charge in [-0.1, -0.05) is 42.4 Å². The molecule has 114 valence electrons. The summed E-state index contributed by atoms with van der Waals surface area (Å²) in [4.78, 5) is 6.61. The molecule has 0 spiro atoms. The van der Waals surface area contributed by atoms with Crippen LogP contribution in [0.1, 0.15) is 30.0 Å². The molecule has 0 aliphatic rings. The Morgan fingerprint density at radius 3 is 2.55 bits per heavy atom. The zero-order valence-corrected chi connectivity index (χ0v) is 12.6. The molecule has 2 heterocycles. The van der Waals surface area contributed by atoms with Crippen LogP contribution >= 0.6 is 0 Å². The second-order valence-electron chi connectivity index (χ2n) is 5.17. The monoisotopic (exact) mass is 297 g/mol. The van der Waals surface area contributed by atoms with Crippen LogP contribution < -0.4 is 0 Å². The second kappa shape index (κ2) is 7.04. The van der Waals surface area contributed by atoms with Gasteiger partial charge in [-0.05, 0) is 17.7 Å². The fourth-order valence-electron chi connectivity index (χ4n) is 2.32. The Hall–Kier alpha value is -2.40. The molecule has 0 amide bonds. The standard InChI is InChI=1S/C17H19N3O2/c1-2-16-18-17(22-19-16)13-20(12-15-9-6-10-21-15)11-14-7-4-3-5-8-14/h3-10H,2,11-13H2,1H3. The first kappa shape index (κ1) is 14.5. The molecule has 0 unspecified atom stereocenters. The Kier molecular flexibility index (Phi) is 4.65. The van der Waals surface area contributed by atoms with E-state index in [0.717, 1.165) is 24.6 Å². The van der Waals surface area contributed by atoms with E-state index in [9.17, 15) is 0 Å². The summed E-state index contributed by atoms with van der Waals surface area (Å²) in [6, 6.07) is 14.2. The molecule has 3 aromatic rings. The molecule has 5 heteroatoms. The molecule has 0 fully saturated rings. The molecule has 0 saturated heterocycles. The highest BCUT2D eigenvalue weighted by atomic mass is 16.5. The van der Waals surface area contributed by atoms with Gasteiger partial charge in [0.1, 0.15) is 5.76 Å². The van der Waals surface area contributed by atoms with Crippen molar-refractivity contribution >= 4 is 0 Å². The minimum Gasteiger partial charge on any atom is -0.468 e. The van der Waals surface area contributed by atoms with Crippen LogP contribution in [0.4, 0.5) is 0 Å². The molecule has 3 rings (SSSR count). The van der Waals surface area contributed by atoms with Crippen LogP contribution in [0.3, 0.4) is 0 Å². The number of hydrogen-bond donors (Lipinski definition) is 0. The maximum absolute atomic E-state index is 5.46. The number of benzene rings is 1. The highest BCUT2D eigenvalue weighted by Gasteiger charge is 2.14. The molecule has 0 saturated carbocycles. The Morgan fingerprint density at radius 2 is 1.86 bits per heavy atom. The van der Waals surface area contributed by atoms with Gasteiger partial charge in [0.05, 0.1) is 19.4 Å². The first-order valence-corrected chi connectivity index (χ1v) is 7.43. The maximum atomic E-state index is 5.46. The predicted octanol–water partition coefficient (Wildman–Crippen LogP) is 3.43. The topological polar surface area (TPSA) is 55.3 Å². The van der Waals surface area contributed by atoms with Gasteiger partial charge >= 0.3 is 0 Å². The average molecular weight is 297 g/mol. The van der Waals surface area contributed by atoms with Crippen molar-refractivity contribution < 1.29 is 8.94 Å². The minimum atomic E-state index is 0.600. The Labute approximate surface area is 129 Å². The summed E-state index contributed by atoms with van der Waals surface area (Å²) in [7, 11) is 0. The third-order valence-electron chi connectivity index (χ3n) is 3.39. The maximum Gasteiger partial charge on any atom is 0.240 e. The first-order valence-electron chi connectivity index (χ1n) is 7.43.